The van der Waals surface area contributed by atoms with Gasteiger partial charge in [-0.05, 0) is 52.7 Å². The minimum atomic E-state index is -3.38. The Balaban J connectivity index is 1.97. The fraction of sp³-hybridized carbons (Fsp3) is 0.667. The van der Waals surface area contributed by atoms with Crippen LogP contribution in [0.4, 0.5) is 0 Å². The van der Waals surface area contributed by atoms with E-state index in [9.17, 15) is 8.42 Å². The SMILES string of the molecule is O=S(=O)(NCC1CCCCC1CCl)c1ccc(Br)s1. The highest BCUT2D eigenvalue weighted by Gasteiger charge is 2.26. The van der Waals surface area contributed by atoms with E-state index in [-0.39, 0.29) is 0 Å². The van der Waals surface area contributed by atoms with E-state index in [1.54, 1.807) is 12.1 Å². The van der Waals surface area contributed by atoms with Crippen LogP contribution in [0.25, 0.3) is 0 Å². The molecule has 0 aliphatic heterocycles. The lowest BCUT2D eigenvalue weighted by molar-refractivity contribution is 0.260. The highest BCUT2D eigenvalue weighted by Crippen LogP contribution is 2.31. The molecule has 7 heteroatoms. The van der Waals surface area contributed by atoms with Crippen LogP contribution in [0, 0.1) is 11.8 Å². The van der Waals surface area contributed by atoms with Gasteiger partial charge in [0.25, 0.3) is 0 Å². The number of hydrogen-bond acceptors (Lipinski definition) is 3. The van der Waals surface area contributed by atoms with Gasteiger partial charge in [0, 0.05) is 12.4 Å². The minimum absolute atomic E-state index is 0.359. The molecule has 0 radical (unpaired) electrons. The average molecular weight is 387 g/mol. The van der Waals surface area contributed by atoms with Gasteiger partial charge < -0.3 is 0 Å². The first kappa shape index (κ1) is 15.8. The fourth-order valence-electron chi connectivity index (χ4n) is 2.49. The van der Waals surface area contributed by atoms with Gasteiger partial charge >= 0.3 is 0 Å². The van der Waals surface area contributed by atoms with Gasteiger partial charge in [-0.1, -0.05) is 12.8 Å². The number of thiophene rings is 1. The first-order chi connectivity index (χ1) is 9.03. The highest BCUT2D eigenvalue weighted by atomic mass is 79.9. The molecule has 0 spiro atoms. The van der Waals surface area contributed by atoms with E-state index in [0.717, 1.165) is 16.6 Å². The molecule has 1 aliphatic carbocycles. The number of sulfonamides is 1. The molecule has 2 rings (SSSR count). The first-order valence-corrected chi connectivity index (χ1v) is 9.96. The summed E-state index contributed by atoms with van der Waals surface area (Å²) < 4.78 is 28.2. The van der Waals surface area contributed by atoms with Crippen molar-refractivity contribution < 1.29 is 8.42 Å². The Morgan fingerprint density at radius 2 is 2.00 bits per heavy atom. The maximum absolute atomic E-state index is 12.1. The Bertz CT molecular complexity index is 518. The fourth-order valence-corrected chi connectivity index (χ4v) is 6.04. The van der Waals surface area contributed by atoms with Gasteiger partial charge in [0.2, 0.25) is 10.0 Å². The van der Waals surface area contributed by atoms with Crippen LogP contribution in [-0.2, 0) is 10.0 Å². The molecular weight excluding hydrogens is 370 g/mol. The Labute approximate surface area is 131 Å². The van der Waals surface area contributed by atoms with E-state index in [2.05, 4.69) is 20.7 Å². The van der Waals surface area contributed by atoms with Gasteiger partial charge in [-0.3, -0.25) is 0 Å². The lowest BCUT2D eigenvalue weighted by Gasteiger charge is -2.30. The highest BCUT2D eigenvalue weighted by molar-refractivity contribution is 9.11. The van der Waals surface area contributed by atoms with Crippen LogP contribution in [-0.4, -0.2) is 20.8 Å². The van der Waals surface area contributed by atoms with E-state index < -0.39 is 10.0 Å². The van der Waals surface area contributed by atoms with Crippen molar-refractivity contribution >= 4 is 48.9 Å². The Morgan fingerprint density at radius 1 is 1.32 bits per heavy atom. The largest absolute Gasteiger partial charge is 0.250 e. The van der Waals surface area contributed by atoms with Crippen molar-refractivity contribution in [2.75, 3.05) is 12.4 Å². The molecule has 0 bridgehead atoms. The van der Waals surface area contributed by atoms with Crippen molar-refractivity contribution in [1.29, 1.82) is 0 Å². The van der Waals surface area contributed by atoms with Crippen LogP contribution >= 0.6 is 38.9 Å². The number of rotatable bonds is 5. The van der Waals surface area contributed by atoms with Gasteiger partial charge in [-0.25, -0.2) is 13.1 Å². The topological polar surface area (TPSA) is 46.2 Å². The molecule has 1 aliphatic rings. The Kier molecular flexibility index (Phi) is 5.72. The third-order valence-corrected chi connectivity index (χ3v) is 7.55. The normalized spacial score (nSPS) is 24.5. The first-order valence-electron chi connectivity index (χ1n) is 6.34. The summed E-state index contributed by atoms with van der Waals surface area (Å²) in [7, 11) is -3.38. The number of halogens is 2. The van der Waals surface area contributed by atoms with Crippen molar-refractivity contribution in [3.05, 3.63) is 15.9 Å². The number of hydrogen-bond donors (Lipinski definition) is 1. The molecule has 19 heavy (non-hydrogen) atoms. The summed E-state index contributed by atoms with van der Waals surface area (Å²) in [6.07, 6.45) is 4.55. The second-order valence-corrected chi connectivity index (χ2v) is 9.63. The van der Waals surface area contributed by atoms with Crippen molar-refractivity contribution in [1.82, 2.24) is 4.72 Å². The van der Waals surface area contributed by atoms with E-state index in [1.807, 2.05) is 0 Å². The summed E-state index contributed by atoms with van der Waals surface area (Å²) in [6, 6.07) is 3.37. The summed E-state index contributed by atoms with van der Waals surface area (Å²) in [5.74, 6) is 1.43. The van der Waals surface area contributed by atoms with E-state index in [4.69, 9.17) is 11.6 Å². The third kappa shape index (κ3) is 4.17. The Hall–Kier alpha value is 0.380. The molecule has 1 aromatic heterocycles. The van der Waals surface area contributed by atoms with Gasteiger partial charge in [-0.2, -0.15) is 0 Å². The quantitative estimate of drug-likeness (QED) is 0.782. The van der Waals surface area contributed by atoms with Gasteiger partial charge in [0.1, 0.15) is 4.21 Å². The van der Waals surface area contributed by atoms with Crippen LogP contribution in [0.15, 0.2) is 20.1 Å². The zero-order valence-electron chi connectivity index (χ0n) is 10.4. The molecule has 1 saturated carbocycles. The zero-order chi connectivity index (χ0) is 13.9. The van der Waals surface area contributed by atoms with Crippen LogP contribution in [0.1, 0.15) is 25.7 Å². The predicted molar refractivity (Wildman–Crippen MR) is 83.4 cm³/mol. The van der Waals surface area contributed by atoms with Crippen LogP contribution in [0.2, 0.25) is 0 Å². The summed E-state index contributed by atoms with van der Waals surface area (Å²) in [4.78, 5) is 0. The molecule has 0 aromatic carbocycles. The van der Waals surface area contributed by atoms with Crippen LogP contribution < -0.4 is 4.72 Å². The van der Waals surface area contributed by atoms with E-state index in [0.29, 0.717) is 28.5 Å². The molecule has 108 valence electrons. The molecule has 0 saturated heterocycles. The minimum Gasteiger partial charge on any atom is -0.210 e. The predicted octanol–water partition coefficient (Wildman–Crippen LogP) is 3.83. The monoisotopic (exact) mass is 385 g/mol. The third-order valence-electron chi connectivity index (χ3n) is 3.61. The lowest BCUT2D eigenvalue weighted by atomic mass is 9.80. The summed E-state index contributed by atoms with van der Waals surface area (Å²) in [5.41, 5.74) is 0. The second kappa shape index (κ2) is 6.89. The molecule has 1 fully saturated rings. The number of alkyl halides is 1. The van der Waals surface area contributed by atoms with Crippen molar-refractivity contribution in [2.45, 2.75) is 29.9 Å². The molecule has 0 amide bonds. The maximum atomic E-state index is 12.1. The molecule has 1 heterocycles. The summed E-state index contributed by atoms with van der Waals surface area (Å²) >= 11 is 10.5. The lowest BCUT2D eigenvalue weighted by Crippen LogP contribution is -2.34. The molecule has 1 aromatic rings. The average Bonchev–Trinajstić information content (AvgIpc) is 2.84. The van der Waals surface area contributed by atoms with Crippen LogP contribution in [0.3, 0.4) is 0 Å². The summed E-state index contributed by atoms with van der Waals surface area (Å²) in [6.45, 7) is 0.495. The summed E-state index contributed by atoms with van der Waals surface area (Å²) in [5, 5.41) is 0. The van der Waals surface area contributed by atoms with Gasteiger partial charge in [-0.15, -0.1) is 22.9 Å². The van der Waals surface area contributed by atoms with Gasteiger partial charge in [0.15, 0.2) is 0 Å². The zero-order valence-corrected chi connectivity index (χ0v) is 14.4. The van der Waals surface area contributed by atoms with E-state index >= 15 is 0 Å². The van der Waals surface area contributed by atoms with Crippen molar-refractivity contribution in [3.63, 3.8) is 0 Å². The number of nitrogens with one attached hydrogen (secondary N) is 1. The smallest absolute Gasteiger partial charge is 0.210 e. The standard InChI is InChI=1S/C12H17BrClNO2S2/c13-11-5-6-12(18-11)19(16,17)15-8-10-4-2-1-3-9(10)7-14/h5-6,9-10,15H,1-4,7-8H2. The van der Waals surface area contributed by atoms with Crippen molar-refractivity contribution in [2.24, 2.45) is 11.8 Å². The molecule has 3 nitrogen and oxygen atoms in total. The molecule has 2 unspecified atom stereocenters. The molecular formula is C12H17BrClNO2S2. The second-order valence-electron chi connectivity index (χ2n) is 4.87. The molecule has 1 N–H and O–H groups in total. The maximum Gasteiger partial charge on any atom is 0.250 e. The molecule has 2 atom stereocenters. The van der Waals surface area contributed by atoms with Crippen LogP contribution in [0.5, 0.6) is 0 Å². The van der Waals surface area contributed by atoms with E-state index in [1.165, 1.54) is 24.2 Å². The van der Waals surface area contributed by atoms with Crippen molar-refractivity contribution in [3.8, 4) is 0 Å². The Morgan fingerprint density at radius 3 is 2.58 bits per heavy atom. The van der Waals surface area contributed by atoms with Gasteiger partial charge in [0.05, 0.1) is 3.79 Å².